The Balaban J connectivity index is 2.02. The lowest BCUT2D eigenvalue weighted by Gasteiger charge is -2.14. The third-order valence-electron chi connectivity index (χ3n) is 2.98. The van der Waals surface area contributed by atoms with Crippen molar-refractivity contribution in [2.45, 2.75) is 26.3 Å². The van der Waals surface area contributed by atoms with Gasteiger partial charge in [-0.15, -0.1) is 11.3 Å². The number of benzene rings is 1. The maximum atomic E-state index is 12.2. The fraction of sp³-hybridized carbons (Fsp3) is 0.267. The van der Waals surface area contributed by atoms with Crippen LogP contribution >= 0.6 is 27.3 Å². The van der Waals surface area contributed by atoms with Crippen molar-refractivity contribution in [1.82, 2.24) is 5.32 Å². The lowest BCUT2D eigenvalue weighted by atomic mass is 10.1. The highest BCUT2D eigenvalue weighted by atomic mass is 79.9. The van der Waals surface area contributed by atoms with Gasteiger partial charge in [-0.1, -0.05) is 28.1 Å². The highest BCUT2D eigenvalue weighted by molar-refractivity contribution is 9.10. The minimum Gasteiger partial charge on any atom is -0.349 e. The van der Waals surface area contributed by atoms with Crippen molar-refractivity contribution < 1.29 is 4.79 Å². The first kappa shape index (κ1) is 14.3. The third-order valence-corrected chi connectivity index (χ3v) is 4.74. The van der Waals surface area contributed by atoms with Gasteiger partial charge in [0.1, 0.15) is 0 Å². The van der Waals surface area contributed by atoms with Crippen molar-refractivity contribution in [2.75, 3.05) is 0 Å². The van der Waals surface area contributed by atoms with Gasteiger partial charge in [-0.05, 0) is 43.0 Å². The van der Waals surface area contributed by atoms with Gasteiger partial charge in [0.05, 0.1) is 0 Å². The van der Waals surface area contributed by atoms with Crippen LogP contribution in [0, 0.1) is 6.92 Å². The molecule has 1 aromatic carbocycles. The number of thiophene rings is 1. The zero-order valence-corrected chi connectivity index (χ0v) is 13.3. The lowest BCUT2D eigenvalue weighted by Crippen LogP contribution is -2.34. The Morgan fingerprint density at radius 2 is 2.16 bits per heavy atom. The summed E-state index contributed by atoms with van der Waals surface area (Å²) < 4.78 is 0.964. The van der Waals surface area contributed by atoms with Crippen LogP contribution in [0.15, 0.2) is 40.2 Å². The molecule has 100 valence electrons. The molecule has 2 rings (SSSR count). The predicted molar refractivity (Wildman–Crippen MR) is 83.8 cm³/mol. The van der Waals surface area contributed by atoms with E-state index in [1.165, 1.54) is 4.88 Å². The summed E-state index contributed by atoms with van der Waals surface area (Å²) >= 11 is 5.17. The predicted octanol–water partition coefficient (Wildman–Crippen LogP) is 4.18. The summed E-state index contributed by atoms with van der Waals surface area (Å²) in [4.78, 5) is 13.5. The van der Waals surface area contributed by atoms with Crippen LogP contribution < -0.4 is 5.32 Å². The Morgan fingerprint density at radius 1 is 1.37 bits per heavy atom. The molecule has 0 spiro atoms. The van der Waals surface area contributed by atoms with Crippen LogP contribution in [0.3, 0.4) is 0 Å². The van der Waals surface area contributed by atoms with E-state index in [2.05, 4.69) is 32.7 Å². The monoisotopic (exact) mass is 337 g/mol. The largest absolute Gasteiger partial charge is 0.349 e. The Morgan fingerprint density at radius 3 is 2.84 bits per heavy atom. The maximum Gasteiger partial charge on any atom is 0.251 e. The fourth-order valence-electron chi connectivity index (χ4n) is 1.94. The molecule has 1 heterocycles. The molecule has 0 aliphatic rings. The molecule has 1 amide bonds. The maximum absolute atomic E-state index is 12.2. The first-order chi connectivity index (χ1) is 9.08. The number of carbonyl (C=O) groups excluding carboxylic acids is 1. The number of rotatable bonds is 4. The van der Waals surface area contributed by atoms with Crippen molar-refractivity contribution in [3.05, 3.63) is 56.2 Å². The first-order valence-electron chi connectivity index (χ1n) is 6.16. The van der Waals surface area contributed by atoms with E-state index in [4.69, 9.17) is 0 Å². The Hall–Kier alpha value is -1.13. The quantitative estimate of drug-likeness (QED) is 0.890. The molecule has 0 radical (unpaired) electrons. The SMILES string of the molecule is Cc1c(Br)cccc1C(=O)NC(C)Cc1cccs1. The van der Waals surface area contributed by atoms with Crippen molar-refractivity contribution >= 4 is 33.2 Å². The van der Waals surface area contributed by atoms with Crippen molar-refractivity contribution in [3.8, 4) is 0 Å². The van der Waals surface area contributed by atoms with Crippen LogP contribution in [0.2, 0.25) is 0 Å². The van der Waals surface area contributed by atoms with Crippen molar-refractivity contribution in [2.24, 2.45) is 0 Å². The standard InChI is InChI=1S/C15H16BrNOS/c1-10(9-12-5-4-8-19-12)17-15(18)13-6-3-7-14(16)11(13)2/h3-8,10H,9H2,1-2H3,(H,17,18). The van der Waals surface area contributed by atoms with Crippen LogP contribution in [-0.4, -0.2) is 11.9 Å². The summed E-state index contributed by atoms with van der Waals surface area (Å²) in [5.74, 6) is -0.0112. The van der Waals surface area contributed by atoms with E-state index in [1.807, 2.05) is 38.1 Å². The summed E-state index contributed by atoms with van der Waals surface area (Å²) in [6, 6.07) is 9.94. The number of carbonyl (C=O) groups is 1. The minimum atomic E-state index is -0.0112. The zero-order chi connectivity index (χ0) is 13.8. The molecule has 2 aromatic rings. The average molecular weight is 338 g/mol. The Kier molecular flexibility index (Phi) is 4.77. The Labute approximate surface area is 126 Å². The molecule has 0 aliphatic carbocycles. The van der Waals surface area contributed by atoms with E-state index in [-0.39, 0.29) is 11.9 Å². The van der Waals surface area contributed by atoms with Crippen LogP contribution in [0.25, 0.3) is 0 Å². The van der Waals surface area contributed by atoms with Crippen molar-refractivity contribution in [1.29, 1.82) is 0 Å². The van der Waals surface area contributed by atoms with Gasteiger partial charge in [-0.2, -0.15) is 0 Å². The fourth-order valence-corrected chi connectivity index (χ4v) is 3.14. The lowest BCUT2D eigenvalue weighted by molar-refractivity contribution is 0.0939. The molecule has 19 heavy (non-hydrogen) atoms. The molecule has 0 saturated heterocycles. The van der Waals surface area contributed by atoms with Gasteiger partial charge in [0.2, 0.25) is 0 Å². The number of hydrogen-bond donors (Lipinski definition) is 1. The molecule has 1 atom stereocenters. The van der Waals surface area contributed by atoms with Crippen molar-refractivity contribution in [3.63, 3.8) is 0 Å². The molecule has 0 aliphatic heterocycles. The molecule has 2 nitrogen and oxygen atoms in total. The zero-order valence-electron chi connectivity index (χ0n) is 10.9. The first-order valence-corrected chi connectivity index (χ1v) is 7.83. The summed E-state index contributed by atoms with van der Waals surface area (Å²) in [5.41, 5.74) is 1.70. The molecule has 1 unspecified atom stereocenters. The van der Waals surface area contributed by atoms with E-state index < -0.39 is 0 Å². The minimum absolute atomic E-state index is 0.0112. The van der Waals surface area contributed by atoms with Gasteiger partial charge in [0.25, 0.3) is 5.91 Å². The number of amides is 1. The van der Waals surface area contributed by atoms with E-state index in [1.54, 1.807) is 11.3 Å². The molecule has 0 fully saturated rings. The van der Waals surface area contributed by atoms with Gasteiger partial charge < -0.3 is 5.32 Å². The van der Waals surface area contributed by atoms with E-state index in [0.29, 0.717) is 0 Å². The molecule has 1 N–H and O–H groups in total. The third kappa shape index (κ3) is 3.67. The molecule has 0 bridgehead atoms. The topological polar surface area (TPSA) is 29.1 Å². The average Bonchev–Trinajstić information content (AvgIpc) is 2.85. The number of nitrogens with one attached hydrogen (secondary N) is 1. The summed E-state index contributed by atoms with van der Waals surface area (Å²) in [6.45, 7) is 3.98. The van der Waals surface area contributed by atoms with Gasteiger partial charge in [-0.25, -0.2) is 0 Å². The normalized spacial score (nSPS) is 12.2. The van der Waals surface area contributed by atoms with Gasteiger partial charge >= 0.3 is 0 Å². The smallest absolute Gasteiger partial charge is 0.251 e. The summed E-state index contributed by atoms with van der Waals surface area (Å²) in [7, 11) is 0. The second kappa shape index (κ2) is 6.35. The highest BCUT2D eigenvalue weighted by Gasteiger charge is 2.13. The van der Waals surface area contributed by atoms with E-state index in [0.717, 1.165) is 22.0 Å². The second-order valence-electron chi connectivity index (χ2n) is 4.57. The summed E-state index contributed by atoms with van der Waals surface area (Å²) in [5, 5.41) is 5.11. The molecular weight excluding hydrogens is 322 g/mol. The number of halogens is 1. The van der Waals surface area contributed by atoms with Crippen LogP contribution in [0.1, 0.15) is 27.7 Å². The molecule has 1 aromatic heterocycles. The second-order valence-corrected chi connectivity index (χ2v) is 6.46. The summed E-state index contributed by atoms with van der Waals surface area (Å²) in [6.07, 6.45) is 0.871. The Bertz CT molecular complexity index is 566. The number of hydrogen-bond acceptors (Lipinski definition) is 2. The van der Waals surface area contributed by atoms with Crippen LogP contribution in [0.4, 0.5) is 0 Å². The van der Waals surface area contributed by atoms with Gasteiger partial charge in [0.15, 0.2) is 0 Å². The molecule has 4 heteroatoms. The van der Waals surface area contributed by atoms with Crippen LogP contribution in [-0.2, 0) is 6.42 Å². The molecular formula is C15H16BrNOS. The van der Waals surface area contributed by atoms with Gasteiger partial charge in [-0.3, -0.25) is 4.79 Å². The van der Waals surface area contributed by atoms with E-state index >= 15 is 0 Å². The van der Waals surface area contributed by atoms with Gasteiger partial charge in [0, 0.05) is 27.4 Å². The van der Waals surface area contributed by atoms with Crippen LogP contribution in [0.5, 0.6) is 0 Å². The van der Waals surface area contributed by atoms with E-state index in [9.17, 15) is 4.79 Å². The highest BCUT2D eigenvalue weighted by Crippen LogP contribution is 2.19. The molecule has 0 saturated carbocycles.